The number of aliphatic hydroxyl groups excluding tert-OH is 1. The highest BCUT2D eigenvalue weighted by atomic mass is 16.5. The summed E-state index contributed by atoms with van der Waals surface area (Å²) in [5.74, 6) is 1.31. The maximum atomic E-state index is 10.3. The molecule has 1 aromatic carbocycles. The van der Waals surface area contributed by atoms with Crippen molar-refractivity contribution in [1.82, 2.24) is 0 Å². The summed E-state index contributed by atoms with van der Waals surface area (Å²) in [6, 6.07) is 7.62. The van der Waals surface area contributed by atoms with Gasteiger partial charge < -0.3 is 14.6 Å². The largest absolute Gasteiger partial charge is 0.494 e. The first-order chi connectivity index (χ1) is 8.26. The van der Waals surface area contributed by atoms with Gasteiger partial charge in [-0.2, -0.15) is 0 Å². The Bertz CT molecular complexity index is 360. The smallest absolute Gasteiger partial charge is 0.119 e. The van der Waals surface area contributed by atoms with Crippen LogP contribution in [0.2, 0.25) is 0 Å². The summed E-state index contributed by atoms with van der Waals surface area (Å²) >= 11 is 0. The van der Waals surface area contributed by atoms with Gasteiger partial charge in [-0.3, -0.25) is 0 Å². The second kappa shape index (κ2) is 5.52. The molecule has 0 spiro atoms. The molecule has 0 amide bonds. The number of aliphatic hydroxyl groups is 1. The molecule has 0 radical (unpaired) electrons. The molecule has 0 aliphatic heterocycles. The van der Waals surface area contributed by atoms with Gasteiger partial charge in [-0.05, 0) is 43.4 Å². The molecule has 0 saturated heterocycles. The Morgan fingerprint density at radius 2 is 2.18 bits per heavy atom. The van der Waals surface area contributed by atoms with Crippen molar-refractivity contribution in [3.63, 3.8) is 0 Å². The molecular weight excluding hydrogens is 216 g/mol. The number of hydrogen-bond acceptors (Lipinski definition) is 3. The van der Waals surface area contributed by atoms with Crippen LogP contribution < -0.4 is 4.74 Å². The highest BCUT2D eigenvalue weighted by molar-refractivity contribution is 5.30. The van der Waals surface area contributed by atoms with Crippen molar-refractivity contribution in [1.29, 1.82) is 0 Å². The fourth-order valence-corrected chi connectivity index (χ4v) is 2.15. The maximum Gasteiger partial charge on any atom is 0.119 e. The van der Waals surface area contributed by atoms with E-state index in [1.807, 2.05) is 31.2 Å². The quantitative estimate of drug-likeness (QED) is 0.825. The summed E-state index contributed by atoms with van der Waals surface area (Å²) in [6.45, 7) is 2.58. The summed E-state index contributed by atoms with van der Waals surface area (Å²) < 4.78 is 10.8. The second-order valence-electron chi connectivity index (χ2n) is 4.49. The summed E-state index contributed by atoms with van der Waals surface area (Å²) in [5, 5.41) is 10.3. The third-order valence-electron chi connectivity index (χ3n) is 3.18. The second-order valence-corrected chi connectivity index (χ2v) is 4.49. The molecule has 2 rings (SSSR count). The van der Waals surface area contributed by atoms with Crippen molar-refractivity contribution in [3.05, 3.63) is 29.8 Å². The van der Waals surface area contributed by atoms with Crippen LogP contribution in [0.4, 0.5) is 0 Å². The maximum absolute atomic E-state index is 10.3. The third-order valence-corrected chi connectivity index (χ3v) is 3.18. The summed E-state index contributed by atoms with van der Waals surface area (Å²) in [4.78, 5) is 0. The van der Waals surface area contributed by atoms with Crippen LogP contribution in [0.3, 0.4) is 0 Å². The lowest BCUT2D eigenvalue weighted by molar-refractivity contribution is -0.0260. The van der Waals surface area contributed by atoms with Crippen LogP contribution in [0.25, 0.3) is 0 Å². The molecule has 1 aromatic rings. The zero-order valence-electron chi connectivity index (χ0n) is 10.4. The molecular formula is C14H20O3. The van der Waals surface area contributed by atoms with E-state index in [0.29, 0.717) is 12.5 Å². The molecule has 1 N–H and O–H groups in total. The van der Waals surface area contributed by atoms with Gasteiger partial charge in [-0.25, -0.2) is 0 Å². The Labute approximate surface area is 102 Å². The van der Waals surface area contributed by atoms with Gasteiger partial charge >= 0.3 is 0 Å². The predicted molar refractivity (Wildman–Crippen MR) is 66.1 cm³/mol. The monoisotopic (exact) mass is 236 g/mol. The Balaban J connectivity index is 2.11. The number of ether oxygens (including phenoxy) is 2. The summed E-state index contributed by atoms with van der Waals surface area (Å²) in [6.07, 6.45) is 1.65. The van der Waals surface area contributed by atoms with Crippen molar-refractivity contribution in [2.75, 3.05) is 13.7 Å². The number of rotatable bonds is 6. The van der Waals surface area contributed by atoms with Crippen molar-refractivity contribution >= 4 is 0 Å². The van der Waals surface area contributed by atoms with E-state index in [9.17, 15) is 5.11 Å². The molecule has 1 saturated carbocycles. The minimum atomic E-state index is -0.562. The lowest BCUT2D eigenvalue weighted by atomic mass is 10.0. The van der Waals surface area contributed by atoms with E-state index >= 15 is 0 Å². The first-order valence-corrected chi connectivity index (χ1v) is 6.20. The van der Waals surface area contributed by atoms with Gasteiger partial charge in [0.05, 0.1) is 12.7 Å². The Morgan fingerprint density at radius 1 is 1.41 bits per heavy atom. The van der Waals surface area contributed by atoms with Gasteiger partial charge in [0, 0.05) is 7.11 Å². The molecule has 3 nitrogen and oxygen atoms in total. The molecule has 17 heavy (non-hydrogen) atoms. The van der Waals surface area contributed by atoms with Crippen LogP contribution in [0.5, 0.6) is 5.75 Å². The predicted octanol–water partition coefficient (Wildman–Crippen LogP) is 2.54. The fraction of sp³-hybridized carbons (Fsp3) is 0.571. The molecule has 1 fully saturated rings. The van der Waals surface area contributed by atoms with Crippen LogP contribution in [0.15, 0.2) is 24.3 Å². The third kappa shape index (κ3) is 2.99. The van der Waals surface area contributed by atoms with Gasteiger partial charge in [0.25, 0.3) is 0 Å². The highest BCUT2D eigenvalue weighted by Crippen LogP contribution is 2.40. The van der Waals surface area contributed by atoms with Gasteiger partial charge in [0.1, 0.15) is 11.9 Å². The van der Waals surface area contributed by atoms with Crippen LogP contribution in [-0.4, -0.2) is 24.9 Å². The van der Waals surface area contributed by atoms with Crippen LogP contribution in [-0.2, 0) is 4.74 Å². The van der Waals surface area contributed by atoms with E-state index in [1.165, 1.54) is 0 Å². The van der Waals surface area contributed by atoms with Crippen molar-refractivity contribution in [3.8, 4) is 5.75 Å². The SMILES string of the molecule is CCOc1cccc(C(O)C(OC)C2CC2)c1. The minimum absolute atomic E-state index is 0.0909. The van der Waals surface area contributed by atoms with E-state index in [1.54, 1.807) is 7.11 Å². The Hall–Kier alpha value is -1.06. The van der Waals surface area contributed by atoms with Crippen molar-refractivity contribution in [2.24, 2.45) is 5.92 Å². The van der Waals surface area contributed by atoms with Crippen molar-refractivity contribution < 1.29 is 14.6 Å². The van der Waals surface area contributed by atoms with E-state index in [4.69, 9.17) is 9.47 Å². The average molecular weight is 236 g/mol. The lowest BCUT2D eigenvalue weighted by Gasteiger charge is -2.22. The van der Waals surface area contributed by atoms with Gasteiger partial charge in [0.2, 0.25) is 0 Å². The van der Waals surface area contributed by atoms with Gasteiger partial charge in [0.15, 0.2) is 0 Å². The van der Waals surface area contributed by atoms with Crippen LogP contribution in [0, 0.1) is 5.92 Å². The Morgan fingerprint density at radius 3 is 2.76 bits per heavy atom. The zero-order valence-corrected chi connectivity index (χ0v) is 10.4. The highest BCUT2D eigenvalue weighted by Gasteiger charge is 2.36. The van der Waals surface area contributed by atoms with Gasteiger partial charge in [-0.15, -0.1) is 0 Å². The fourth-order valence-electron chi connectivity index (χ4n) is 2.15. The number of benzene rings is 1. The standard InChI is InChI=1S/C14H20O3/c1-3-17-12-6-4-5-11(9-12)13(15)14(16-2)10-7-8-10/h4-6,9-10,13-15H,3,7-8H2,1-2H3. The number of hydrogen-bond donors (Lipinski definition) is 1. The first-order valence-electron chi connectivity index (χ1n) is 6.20. The summed E-state index contributed by atoms with van der Waals surface area (Å²) in [7, 11) is 1.67. The van der Waals surface area contributed by atoms with E-state index in [0.717, 1.165) is 24.2 Å². The molecule has 3 heteroatoms. The topological polar surface area (TPSA) is 38.7 Å². The normalized spacial score (nSPS) is 18.8. The molecule has 2 unspecified atom stereocenters. The van der Waals surface area contributed by atoms with E-state index < -0.39 is 6.10 Å². The molecule has 0 heterocycles. The summed E-state index contributed by atoms with van der Waals surface area (Å²) in [5.41, 5.74) is 0.870. The molecule has 2 atom stereocenters. The van der Waals surface area contributed by atoms with Crippen molar-refractivity contribution in [2.45, 2.75) is 32.0 Å². The van der Waals surface area contributed by atoms with Crippen LogP contribution >= 0.6 is 0 Å². The minimum Gasteiger partial charge on any atom is -0.494 e. The number of methoxy groups -OCH3 is 1. The molecule has 1 aliphatic carbocycles. The lowest BCUT2D eigenvalue weighted by Crippen LogP contribution is -2.23. The van der Waals surface area contributed by atoms with Crippen LogP contribution in [0.1, 0.15) is 31.4 Å². The van der Waals surface area contributed by atoms with E-state index in [2.05, 4.69) is 0 Å². The van der Waals surface area contributed by atoms with E-state index in [-0.39, 0.29) is 6.10 Å². The molecule has 94 valence electrons. The van der Waals surface area contributed by atoms with Gasteiger partial charge in [-0.1, -0.05) is 12.1 Å². The average Bonchev–Trinajstić information content (AvgIpc) is 3.15. The molecule has 1 aliphatic rings. The zero-order chi connectivity index (χ0) is 12.3. The molecule has 0 bridgehead atoms. The molecule has 0 aromatic heterocycles. The first kappa shape index (κ1) is 12.4. The Kier molecular flexibility index (Phi) is 4.02.